The second kappa shape index (κ2) is 6.43. The molecule has 0 aliphatic heterocycles. The summed E-state index contributed by atoms with van der Waals surface area (Å²) >= 11 is 7.03. The maximum Gasteiger partial charge on any atom is 0.210 e. The van der Waals surface area contributed by atoms with Crippen LogP contribution in [0.4, 0.5) is 0 Å². The SMILES string of the molecule is Cc1cc(-c2nnc(SCC(=O)c3ccc(Cl)cc3)n2N)n[nH]1. The van der Waals surface area contributed by atoms with Crippen LogP contribution in [0.3, 0.4) is 0 Å². The zero-order chi connectivity index (χ0) is 16.4. The van der Waals surface area contributed by atoms with Crippen molar-refractivity contribution in [2.24, 2.45) is 0 Å². The minimum atomic E-state index is -0.0353. The van der Waals surface area contributed by atoms with E-state index in [0.717, 1.165) is 5.69 Å². The lowest BCUT2D eigenvalue weighted by Crippen LogP contribution is -2.13. The van der Waals surface area contributed by atoms with E-state index in [1.54, 1.807) is 24.3 Å². The first-order chi connectivity index (χ1) is 11.0. The average Bonchev–Trinajstić information content (AvgIpc) is 3.11. The lowest BCUT2D eigenvalue weighted by Gasteiger charge is -2.02. The molecule has 0 fully saturated rings. The summed E-state index contributed by atoms with van der Waals surface area (Å²) in [6.07, 6.45) is 0. The highest BCUT2D eigenvalue weighted by atomic mass is 35.5. The van der Waals surface area contributed by atoms with Gasteiger partial charge in [0.15, 0.2) is 5.78 Å². The van der Waals surface area contributed by atoms with Crippen LogP contribution in [-0.4, -0.2) is 36.6 Å². The molecule has 0 saturated carbocycles. The minimum absolute atomic E-state index is 0.0353. The van der Waals surface area contributed by atoms with Crippen LogP contribution >= 0.6 is 23.4 Å². The fourth-order valence-electron chi connectivity index (χ4n) is 1.93. The Bertz CT molecular complexity index is 841. The number of nitrogens with two attached hydrogens (primary N) is 1. The monoisotopic (exact) mass is 348 g/mol. The number of rotatable bonds is 5. The molecule has 0 amide bonds. The standard InChI is InChI=1S/C14H13ClN6OS/c1-8-6-11(18-17-8)13-19-20-14(21(13)16)23-7-12(22)9-2-4-10(15)5-3-9/h2-6H,7,16H2,1H3,(H,17,18). The van der Waals surface area contributed by atoms with Crippen molar-refractivity contribution in [3.05, 3.63) is 46.6 Å². The minimum Gasteiger partial charge on any atom is -0.335 e. The zero-order valence-corrected chi connectivity index (χ0v) is 13.7. The Labute approximate surface area is 141 Å². The van der Waals surface area contributed by atoms with Crippen molar-refractivity contribution in [3.63, 3.8) is 0 Å². The average molecular weight is 349 g/mol. The molecule has 7 nitrogen and oxygen atoms in total. The molecular weight excluding hydrogens is 336 g/mol. The fraction of sp³-hybridized carbons (Fsp3) is 0.143. The summed E-state index contributed by atoms with van der Waals surface area (Å²) in [5.41, 5.74) is 2.09. The van der Waals surface area contributed by atoms with Gasteiger partial charge in [-0.05, 0) is 37.3 Å². The number of Topliss-reactive ketones (excluding diaryl/α,β-unsaturated/α-hetero) is 1. The molecule has 118 valence electrons. The number of nitrogens with one attached hydrogen (secondary N) is 1. The molecule has 1 aromatic carbocycles. The largest absolute Gasteiger partial charge is 0.335 e. The van der Waals surface area contributed by atoms with E-state index in [0.29, 0.717) is 27.3 Å². The molecule has 2 aromatic heterocycles. The van der Waals surface area contributed by atoms with Crippen LogP contribution in [0.1, 0.15) is 16.1 Å². The van der Waals surface area contributed by atoms with E-state index < -0.39 is 0 Å². The van der Waals surface area contributed by atoms with Crippen LogP contribution in [0.25, 0.3) is 11.5 Å². The number of ketones is 1. The van der Waals surface area contributed by atoms with Crippen molar-refractivity contribution in [2.45, 2.75) is 12.1 Å². The number of hydrogen-bond donors (Lipinski definition) is 2. The number of benzene rings is 1. The summed E-state index contributed by atoms with van der Waals surface area (Å²) in [6.45, 7) is 1.88. The van der Waals surface area contributed by atoms with E-state index in [1.807, 2.05) is 13.0 Å². The molecule has 23 heavy (non-hydrogen) atoms. The highest BCUT2D eigenvalue weighted by molar-refractivity contribution is 7.99. The number of H-pyrrole nitrogens is 1. The summed E-state index contributed by atoms with van der Waals surface area (Å²) < 4.78 is 1.33. The van der Waals surface area contributed by atoms with Gasteiger partial charge in [0.05, 0.1) is 5.75 Å². The number of carbonyl (C=O) groups excluding carboxylic acids is 1. The molecule has 0 unspecified atom stereocenters. The quantitative estimate of drug-likeness (QED) is 0.416. The van der Waals surface area contributed by atoms with Gasteiger partial charge in [-0.2, -0.15) is 5.10 Å². The molecule has 2 heterocycles. The third-order valence-corrected chi connectivity index (χ3v) is 4.29. The van der Waals surface area contributed by atoms with Gasteiger partial charge in [0, 0.05) is 16.3 Å². The molecule has 3 N–H and O–H groups in total. The zero-order valence-electron chi connectivity index (χ0n) is 12.2. The molecule has 0 atom stereocenters. The lowest BCUT2D eigenvalue weighted by atomic mass is 10.1. The van der Waals surface area contributed by atoms with Crippen molar-refractivity contribution in [1.82, 2.24) is 25.1 Å². The molecular formula is C14H13ClN6OS. The van der Waals surface area contributed by atoms with Crippen molar-refractivity contribution < 1.29 is 4.79 Å². The van der Waals surface area contributed by atoms with E-state index in [4.69, 9.17) is 17.4 Å². The second-order valence-corrected chi connectivity index (χ2v) is 6.21. The number of halogens is 1. The maximum absolute atomic E-state index is 12.1. The number of aryl methyl sites for hydroxylation is 1. The number of hydrogen-bond acceptors (Lipinski definition) is 6. The Morgan fingerprint density at radius 3 is 2.74 bits per heavy atom. The van der Waals surface area contributed by atoms with Crippen LogP contribution < -0.4 is 5.84 Å². The van der Waals surface area contributed by atoms with E-state index in [-0.39, 0.29) is 11.5 Å². The molecule has 3 aromatic rings. The Hall–Kier alpha value is -2.32. The first kappa shape index (κ1) is 15.6. The van der Waals surface area contributed by atoms with Crippen LogP contribution in [0.2, 0.25) is 5.02 Å². The second-order valence-electron chi connectivity index (χ2n) is 4.83. The number of carbonyl (C=O) groups is 1. The Kier molecular flexibility index (Phi) is 4.35. The highest BCUT2D eigenvalue weighted by Crippen LogP contribution is 2.21. The third kappa shape index (κ3) is 3.38. The first-order valence-electron chi connectivity index (χ1n) is 6.69. The summed E-state index contributed by atoms with van der Waals surface area (Å²) in [5, 5.41) is 16.0. The van der Waals surface area contributed by atoms with Crippen molar-refractivity contribution >= 4 is 29.1 Å². The van der Waals surface area contributed by atoms with Gasteiger partial charge >= 0.3 is 0 Å². The Morgan fingerprint density at radius 1 is 1.35 bits per heavy atom. The van der Waals surface area contributed by atoms with Crippen LogP contribution in [0, 0.1) is 6.92 Å². The van der Waals surface area contributed by atoms with Gasteiger partial charge in [-0.15, -0.1) is 10.2 Å². The molecule has 9 heteroatoms. The van der Waals surface area contributed by atoms with Gasteiger partial charge in [-0.1, -0.05) is 23.4 Å². The van der Waals surface area contributed by atoms with Gasteiger partial charge in [0.25, 0.3) is 0 Å². The third-order valence-electron chi connectivity index (χ3n) is 3.10. The van der Waals surface area contributed by atoms with E-state index >= 15 is 0 Å². The highest BCUT2D eigenvalue weighted by Gasteiger charge is 2.16. The number of thioether (sulfide) groups is 1. The maximum atomic E-state index is 12.1. The van der Waals surface area contributed by atoms with Crippen LogP contribution in [-0.2, 0) is 0 Å². The fourth-order valence-corrected chi connectivity index (χ4v) is 2.81. The van der Waals surface area contributed by atoms with Crippen molar-refractivity contribution in [3.8, 4) is 11.5 Å². The van der Waals surface area contributed by atoms with Gasteiger partial charge < -0.3 is 5.84 Å². The van der Waals surface area contributed by atoms with Crippen molar-refractivity contribution in [2.75, 3.05) is 11.6 Å². The first-order valence-corrected chi connectivity index (χ1v) is 8.05. The number of aromatic amines is 1. The summed E-state index contributed by atoms with van der Waals surface area (Å²) in [5.74, 6) is 6.59. The normalized spacial score (nSPS) is 10.9. The molecule has 0 aliphatic carbocycles. The number of nitrogens with zero attached hydrogens (tertiary/aromatic N) is 4. The summed E-state index contributed by atoms with van der Waals surface area (Å²) in [4.78, 5) is 12.1. The van der Waals surface area contributed by atoms with Crippen LogP contribution in [0.15, 0.2) is 35.5 Å². The number of nitrogen functional groups attached to an aromatic ring is 1. The lowest BCUT2D eigenvalue weighted by molar-refractivity contribution is 0.102. The summed E-state index contributed by atoms with van der Waals surface area (Å²) in [7, 11) is 0. The predicted molar refractivity (Wildman–Crippen MR) is 89.0 cm³/mol. The topological polar surface area (TPSA) is 102 Å². The molecule has 0 bridgehead atoms. The van der Waals surface area contributed by atoms with E-state index in [9.17, 15) is 4.79 Å². The number of aromatic nitrogens is 5. The molecule has 0 aliphatic rings. The summed E-state index contributed by atoms with van der Waals surface area (Å²) in [6, 6.07) is 8.57. The van der Waals surface area contributed by atoms with Crippen LogP contribution in [0.5, 0.6) is 0 Å². The molecule has 0 saturated heterocycles. The van der Waals surface area contributed by atoms with Gasteiger partial charge in [-0.3, -0.25) is 9.89 Å². The van der Waals surface area contributed by atoms with Gasteiger partial charge in [-0.25, -0.2) is 4.68 Å². The molecule has 0 spiro atoms. The van der Waals surface area contributed by atoms with E-state index in [2.05, 4.69) is 20.4 Å². The molecule has 0 radical (unpaired) electrons. The smallest absolute Gasteiger partial charge is 0.210 e. The Balaban J connectivity index is 1.70. The predicted octanol–water partition coefficient (Wildman–Crippen LogP) is 2.32. The van der Waals surface area contributed by atoms with Crippen molar-refractivity contribution in [1.29, 1.82) is 0 Å². The molecule has 3 rings (SSSR count). The Morgan fingerprint density at radius 2 is 2.09 bits per heavy atom. The van der Waals surface area contributed by atoms with E-state index in [1.165, 1.54) is 16.4 Å². The van der Waals surface area contributed by atoms with Gasteiger partial charge in [0.1, 0.15) is 5.69 Å². The van der Waals surface area contributed by atoms with Gasteiger partial charge in [0.2, 0.25) is 11.0 Å².